The third-order valence-electron chi connectivity index (χ3n) is 1.20. The summed E-state index contributed by atoms with van der Waals surface area (Å²) in [6.07, 6.45) is -2.60. The number of benzene rings is 1. The van der Waals surface area contributed by atoms with Gasteiger partial charge in [0.25, 0.3) is 6.43 Å². The van der Waals surface area contributed by atoms with Gasteiger partial charge < -0.3 is 0 Å². The Labute approximate surface area is 75.6 Å². The highest BCUT2D eigenvalue weighted by atomic mass is 127. The lowest BCUT2D eigenvalue weighted by Crippen LogP contribution is -1.87. The van der Waals surface area contributed by atoms with Crippen molar-refractivity contribution >= 4 is 22.6 Å². The van der Waals surface area contributed by atoms with Crippen LogP contribution in [-0.2, 0) is 0 Å². The van der Waals surface area contributed by atoms with E-state index in [4.69, 9.17) is 0 Å². The first-order valence-electron chi connectivity index (χ1n) is 2.84. The van der Waals surface area contributed by atoms with Crippen LogP contribution in [0.3, 0.4) is 0 Å². The molecule has 0 saturated carbocycles. The number of alkyl halides is 2. The van der Waals surface area contributed by atoms with E-state index in [1.807, 2.05) is 0 Å². The minimum atomic E-state index is -2.60. The van der Waals surface area contributed by atoms with E-state index in [1.54, 1.807) is 22.6 Å². The van der Waals surface area contributed by atoms with Crippen molar-refractivity contribution in [2.45, 2.75) is 6.43 Å². The first-order chi connectivity index (χ1) is 5.11. The lowest BCUT2D eigenvalue weighted by molar-refractivity contribution is 0.151. The molecule has 0 saturated heterocycles. The Morgan fingerprint density at radius 3 is 2.36 bits per heavy atom. The molecule has 0 bridgehead atoms. The molecule has 11 heavy (non-hydrogen) atoms. The fraction of sp³-hybridized carbons (Fsp3) is 0.143. The minimum absolute atomic E-state index is 0.275. The second-order valence-corrected chi connectivity index (χ2v) is 3.14. The van der Waals surface area contributed by atoms with Gasteiger partial charge in [-0.25, -0.2) is 13.2 Å². The molecular weight excluding hydrogens is 268 g/mol. The average molecular weight is 272 g/mol. The van der Waals surface area contributed by atoms with Gasteiger partial charge in [0.15, 0.2) is 0 Å². The van der Waals surface area contributed by atoms with Crippen LogP contribution in [0.5, 0.6) is 0 Å². The highest BCUT2D eigenvalue weighted by molar-refractivity contribution is 14.1. The SMILES string of the molecule is Fc1cc(C(F)F)ccc1I. The zero-order valence-electron chi connectivity index (χ0n) is 5.32. The Morgan fingerprint density at radius 1 is 1.27 bits per heavy atom. The van der Waals surface area contributed by atoms with Crippen LogP contribution in [0.15, 0.2) is 18.2 Å². The van der Waals surface area contributed by atoms with E-state index < -0.39 is 12.2 Å². The van der Waals surface area contributed by atoms with Crippen LogP contribution >= 0.6 is 22.6 Å². The quantitative estimate of drug-likeness (QED) is 0.687. The van der Waals surface area contributed by atoms with Crippen LogP contribution in [0.1, 0.15) is 12.0 Å². The van der Waals surface area contributed by atoms with Gasteiger partial charge in [-0.15, -0.1) is 0 Å². The van der Waals surface area contributed by atoms with E-state index in [2.05, 4.69) is 0 Å². The third kappa shape index (κ3) is 2.08. The summed E-state index contributed by atoms with van der Waals surface area (Å²) < 4.78 is 36.8. The molecular formula is C7H4F3I. The van der Waals surface area contributed by atoms with Crippen molar-refractivity contribution in [2.24, 2.45) is 0 Å². The predicted molar refractivity (Wildman–Crippen MR) is 44.1 cm³/mol. The first kappa shape index (κ1) is 8.83. The Kier molecular flexibility index (Phi) is 2.75. The zero-order chi connectivity index (χ0) is 8.43. The van der Waals surface area contributed by atoms with Crippen molar-refractivity contribution in [2.75, 3.05) is 0 Å². The third-order valence-corrected chi connectivity index (χ3v) is 2.07. The molecule has 0 nitrogen and oxygen atoms in total. The summed E-state index contributed by atoms with van der Waals surface area (Å²) in [7, 11) is 0. The van der Waals surface area contributed by atoms with E-state index in [-0.39, 0.29) is 5.56 Å². The van der Waals surface area contributed by atoms with Crippen LogP contribution < -0.4 is 0 Å². The molecule has 60 valence electrons. The molecule has 0 fully saturated rings. The van der Waals surface area contributed by atoms with Gasteiger partial charge in [-0.3, -0.25) is 0 Å². The molecule has 0 aromatic heterocycles. The van der Waals surface area contributed by atoms with Gasteiger partial charge in [-0.2, -0.15) is 0 Å². The van der Waals surface area contributed by atoms with Gasteiger partial charge in [0, 0.05) is 9.13 Å². The maximum Gasteiger partial charge on any atom is 0.263 e. The maximum absolute atomic E-state index is 12.6. The van der Waals surface area contributed by atoms with E-state index in [9.17, 15) is 13.2 Å². The average Bonchev–Trinajstić information content (AvgIpc) is 1.94. The summed E-state index contributed by atoms with van der Waals surface area (Å²) in [4.78, 5) is 0. The van der Waals surface area contributed by atoms with E-state index in [0.717, 1.165) is 6.07 Å². The van der Waals surface area contributed by atoms with E-state index >= 15 is 0 Å². The normalized spacial score (nSPS) is 10.6. The van der Waals surface area contributed by atoms with Crippen molar-refractivity contribution in [1.82, 2.24) is 0 Å². The Balaban J connectivity index is 3.05. The molecule has 0 amide bonds. The second-order valence-electron chi connectivity index (χ2n) is 1.97. The lowest BCUT2D eigenvalue weighted by Gasteiger charge is -1.99. The summed E-state index contributed by atoms with van der Waals surface area (Å²) in [5, 5.41) is 0. The molecule has 0 spiro atoms. The molecule has 0 radical (unpaired) electrons. The van der Waals surface area contributed by atoms with Crippen molar-refractivity contribution in [3.05, 3.63) is 33.1 Å². The number of hydrogen-bond donors (Lipinski definition) is 0. The number of halogens is 4. The zero-order valence-corrected chi connectivity index (χ0v) is 7.48. The topological polar surface area (TPSA) is 0 Å². The van der Waals surface area contributed by atoms with Crippen LogP contribution in [-0.4, -0.2) is 0 Å². The molecule has 0 N–H and O–H groups in total. The van der Waals surface area contributed by atoms with Crippen molar-refractivity contribution in [3.8, 4) is 0 Å². The fourth-order valence-electron chi connectivity index (χ4n) is 0.648. The molecule has 0 atom stereocenters. The first-order valence-corrected chi connectivity index (χ1v) is 3.92. The largest absolute Gasteiger partial charge is 0.263 e. The van der Waals surface area contributed by atoms with Crippen molar-refractivity contribution in [3.63, 3.8) is 0 Å². The standard InChI is InChI=1S/C7H4F3I/c8-5-3-4(7(9)10)1-2-6(5)11/h1-3,7H. The number of rotatable bonds is 1. The van der Waals surface area contributed by atoms with Gasteiger partial charge >= 0.3 is 0 Å². The Bertz CT molecular complexity index is 260. The van der Waals surface area contributed by atoms with Crippen molar-refractivity contribution in [1.29, 1.82) is 0 Å². The Hall–Kier alpha value is -0.260. The molecule has 0 unspecified atom stereocenters. The molecule has 1 rings (SSSR count). The summed E-state index contributed by atoms with van der Waals surface area (Å²) in [5.41, 5.74) is -0.275. The molecule has 1 aromatic rings. The van der Waals surface area contributed by atoms with Crippen molar-refractivity contribution < 1.29 is 13.2 Å². The summed E-state index contributed by atoms with van der Waals surface area (Å²) in [5.74, 6) is -0.594. The van der Waals surface area contributed by atoms with Crippen LogP contribution in [0.4, 0.5) is 13.2 Å². The molecule has 0 aliphatic rings. The minimum Gasteiger partial charge on any atom is -0.206 e. The van der Waals surface area contributed by atoms with Crippen LogP contribution in [0.25, 0.3) is 0 Å². The summed E-state index contributed by atoms with van der Waals surface area (Å²) in [6, 6.07) is 3.40. The molecule has 4 heteroatoms. The summed E-state index contributed by atoms with van der Waals surface area (Å²) >= 11 is 1.74. The smallest absolute Gasteiger partial charge is 0.206 e. The Morgan fingerprint density at radius 2 is 1.91 bits per heavy atom. The van der Waals surface area contributed by atoms with Crippen LogP contribution in [0, 0.1) is 9.39 Å². The molecule has 0 aliphatic carbocycles. The van der Waals surface area contributed by atoms with E-state index in [0.29, 0.717) is 3.57 Å². The molecule has 1 aromatic carbocycles. The summed E-state index contributed by atoms with van der Waals surface area (Å²) in [6.45, 7) is 0. The monoisotopic (exact) mass is 272 g/mol. The molecule has 0 heterocycles. The van der Waals surface area contributed by atoms with Gasteiger partial charge in [-0.1, -0.05) is 6.07 Å². The number of hydrogen-bond acceptors (Lipinski definition) is 0. The maximum atomic E-state index is 12.6. The predicted octanol–water partition coefficient (Wildman–Crippen LogP) is 3.37. The van der Waals surface area contributed by atoms with Crippen LogP contribution in [0.2, 0.25) is 0 Å². The van der Waals surface area contributed by atoms with Gasteiger partial charge in [0.1, 0.15) is 5.82 Å². The second kappa shape index (κ2) is 3.42. The molecule has 0 aliphatic heterocycles. The fourth-order valence-corrected chi connectivity index (χ4v) is 0.984. The van der Waals surface area contributed by atoms with Gasteiger partial charge in [-0.05, 0) is 34.7 Å². The van der Waals surface area contributed by atoms with E-state index in [1.165, 1.54) is 12.1 Å². The highest BCUT2D eigenvalue weighted by Gasteiger charge is 2.08. The van der Waals surface area contributed by atoms with Gasteiger partial charge in [0.05, 0.1) is 0 Å². The van der Waals surface area contributed by atoms with Gasteiger partial charge in [0.2, 0.25) is 0 Å². The lowest BCUT2D eigenvalue weighted by atomic mass is 10.2. The highest BCUT2D eigenvalue weighted by Crippen LogP contribution is 2.21.